The Labute approximate surface area is 105 Å². The molecule has 2 aliphatic heterocycles. The summed E-state index contributed by atoms with van der Waals surface area (Å²) in [5.74, 6) is 1.91. The number of amides is 1. The van der Waals surface area contributed by atoms with Crippen LogP contribution in [-0.4, -0.2) is 36.5 Å². The Morgan fingerprint density at radius 1 is 1.29 bits per heavy atom. The average molecular weight is 238 g/mol. The summed E-state index contributed by atoms with van der Waals surface area (Å²) in [5.41, 5.74) is 0. The number of nitrogens with zero attached hydrogens (tertiary/aromatic N) is 1. The van der Waals surface area contributed by atoms with Crippen LogP contribution in [0.25, 0.3) is 0 Å². The maximum atomic E-state index is 12.5. The van der Waals surface area contributed by atoms with E-state index in [0.717, 1.165) is 32.5 Å². The fraction of sp³-hybridized carbons (Fsp3) is 0.929. The van der Waals surface area contributed by atoms with Crippen molar-refractivity contribution in [1.29, 1.82) is 0 Å². The van der Waals surface area contributed by atoms with Crippen molar-refractivity contribution in [3.8, 4) is 0 Å². The molecular formula is C14H26N2O. The predicted octanol–water partition coefficient (Wildman–Crippen LogP) is 1.88. The molecule has 1 N–H and O–H groups in total. The first-order chi connectivity index (χ1) is 8.09. The van der Waals surface area contributed by atoms with Gasteiger partial charge in [-0.2, -0.15) is 0 Å². The van der Waals surface area contributed by atoms with E-state index in [9.17, 15) is 4.79 Å². The van der Waals surface area contributed by atoms with Crippen LogP contribution in [0.4, 0.5) is 0 Å². The number of rotatable bonds is 1. The fourth-order valence-corrected chi connectivity index (χ4v) is 3.30. The molecule has 3 unspecified atom stereocenters. The predicted molar refractivity (Wildman–Crippen MR) is 69.7 cm³/mol. The smallest absolute Gasteiger partial charge is 0.227 e. The molecule has 2 heterocycles. The minimum Gasteiger partial charge on any atom is -0.339 e. The number of hydrogen-bond acceptors (Lipinski definition) is 2. The summed E-state index contributed by atoms with van der Waals surface area (Å²) in [6, 6.07) is 0.417. The molecule has 0 aromatic carbocycles. The summed E-state index contributed by atoms with van der Waals surface area (Å²) >= 11 is 0. The number of carbonyl (C=O) groups excluding carboxylic acids is 1. The molecule has 0 radical (unpaired) electrons. The second kappa shape index (κ2) is 5.38. The number of carbonyl (C=O) groups is 1. The lowest BCUT2D eigenvalue weighted by Crippen LogP contribution is -2.52. The van der Waals surface area contributed by atoms with E-state index >= 15 is 0 Å². The molecule has 0 aliphatic carbocycles. The van der Waals surface area contributed by atoms with Crippen molar-refractivity contribution in [2.45, 2.75) is 46.1 Å². The van der Waals surface area contributed by atoms with E-state index in [1.807, 2.05) is 0 Å². The van der Waals surface area contributed by atoms with Gasteiger partial charge in [-0.05, 0) is 44.6 Å². The van der Waals surface area contributed by atoms with E-state index in [0.29, 0.717) is 23.8 Å². The highest BCUT2D eigenvalue weighted by Crippen LogP contribution is 2.29. The van der Waals surface area contributed by atoms with E-state index in [1.165, 1.54) is 6.42 Å². The molecule has 0 bridgehead atoms. The van der Waals surface area contributed by atoms with Gasteiger partial charge in [-0.3, -0.25) is 4.79 Å². The molecular weight excluding hydrogens is 212 g/mol. The van der Waals surface area contributed by atoms with Crippen LogP contribution in [-0.2, 0) is 4.79 Å². The molecule has 2 aliphatic rings. The minimum absolute atomic E-state index is 0.226. The molecule has 3 nitrogen and oxygen atoms in total. The maximum Gasteiger partial charge on any atom is 0.227 e. The van der Waals surface area contributed by atoms with Gasteiger partial charge in [0.25, 0.3) is 0 Å². The highest BCUT2D eigenvalue weighted by atomic mass is 16.2. The third-order valence-electron chi connectivity index (χ3n) is 4.53. The molecule has 2 fully saturated rings. The van der Waals surface area contributed by atoms with E-state index in [2.05, 4.69) is 31.0 Å². The average Bonchev–Trinajstić information content (AvgIpc) is 2.34. The van der Waals surface area contributed by atoms with Gasteiger partial charge in [-0.1, -0.05) is 13.8 Å². The van der Waals surface area contributed by atoms with Crippen molar-refractivity contribution in [2.24, 2.45) is 17.8 Å². The summed E-state index contributed by atoms with van der Waals surface area (Å²) in [5, 5.41) is 3.34. The molecule has 1 amide bonds. The van der Waals surface area contributed by atoms with Crippen LogP contribution in [0, 0.1) is 17.8 Å². The van der Waals surface area contributed by atoms with Crippen LogP contribution in [0.15, 0.2) is 0 Å². The summed E-state index contributed by atoms with van der Waals surface area (Å²) in [6.45, 7) is 9.67. The van der Waals surface area contributed by atoms with E-state index in [-0.39, 0.29) is 5.92 Å². The molecule has 2 saturated heterocycles. The summed E-state index contributed by atoms with van der Waals surface area (Å²) < 4.78 is 0. The Hall–Kier alpha value is -0.570. The van der Waals surface area contributed by atoms with Crippen LogP contribution >= 0.6 is 0 Å². The monoisotopic (exact) mass is 238 g/mol. The van der Waals surface area contributed by atoms with E-state index in [4.69, 9.17) is 0 Å². The van der Waals surface area contributed by atoms with Crippen LogP contribution in [0.1, 0.15) is 40.0 Å². The first-order valence-corrected chi connectivity index (χ1v) is 7.10. The SMILES string of the molecule is CC1CC(C)C(C)N(C(=O)[C@@H]2CCCNC2)C1. The number of nitrogens with one attached hydrogen (secondary N) is 1. The van der Waals surface area contributed by atoms with Crippen LogP contribution in [0.5, 0.6) is 0 Å². The second-order valence-corrected chi connectivity index (χ2v) is 6.09. The van der Waals surface area contributed by atoms with Gasteiger partial charge in [0.1, 0.15) is 0 Å². The van der Waals surface area contributed by atoms with E-state index < -0.39 is 0 Å². The lowest BCUT2D eigenvalue weighted by atomic mass is 9.84. The summed E-state index contributed by atoms with van der Waals surface area (Å²) in [6.07, 6.45) is 3.47. The Morgan fingerprint density at radius 2 is 2.06 bits per heavy atom. The summed E-state index contributed by atoms with van der Waals surface area (Å²) in [7, 11) is 0. The first kappa shape index (κ1) is 12.9. The van der Waals surface area contributed by atoms with Gasteiger partial charge in [-0.25, -0.2) is 0 Å². The lowest BCUT2D eigenvalue weighted by Gasteiger charge is -2.43. The summed E-state index contributed by atoms with van der Waals surface area (Å²) in [4.78, 5) is 14.7. The highest BCUT2D eigenvalue weighted by Gasteiger charge is 2.35. The molecule has 17 heavy (non-hydrogen) atoms. The van der Waals surface area contributed by atoms with Crippen LogP contribution < -0.4 is 5.32 Å². The molecule has 4 atom stereocenters. The first-order valence-electron chi connectivity index (χ1n) is 7.10. The van der Waals surface area contributed by atoms with E-state index in [1.54, 1.807) is 0 Å². The third-order valence-corrected chi connectivity index (χ3v) is 4.53. The quantitative estimate of drug-likeness (QED) is 0.756. The molecule has 98 valence electrons. The largest absolute Gasteiger partial charge is 0.339 e. The number of piperidine rings is 2. The van der Waals surface area contributed by atoms with Gasteiger partial charge in [0, 0.05) is 19.1 Å². The maximum absolute atomic E-state index is 12.5. The zero-order valence-electron chi connectivity index (χ0n) is 11.4. The molecule has 3 heteroatoms. The van der Waals surface area contributed by atoms with Gasteiger partial charge >= 0.3 is 0 Å². The van der Waals surface area contributed by atoms with Crippen molar-refractivity contribution in [3.63, 3.8) is 0 Å². The Bertz CT molecular complexity index is 273. The zero-order chi connectivity index (χ0) is 12.4. The topological polar surface area (TPSA) is 32.3 Å². The Morgan fingerprint density at radius 3 is 2.71 bits per heavy atom. The second-order valence-electron chi connectivity index (χ2n) is 6.09. The lowest BCUT2D eigenvalue weighted by molar-refractivity contribution is -0.142. The molecule has 2 rings (SSSR count). The molecule has 0 aromatic rings. The van der Waals surface area contributed by atoms with Gasteiger partial charge in [0.05, 0.1) is 5.92 Å². The van der Waals surface area contributed by atoms with Gasteiger partial charge in [0.15, 0.2) is 0 Å². The van der Waals surface area contributed by atoms with Gasteiger partial charge in [0.2, 0.25) is 5.91 Å². The molecule has 0 spiro atoms. The standard InChI is InChI=1S/C14H26N2O/c1-10-7-11(2)12(3)16(9-10)14(17)13-5-4-6-15-8-13/h10-13,15H,4-9H2,1-3H3/t10?,11?,12?,13-/m1/s1. The number of hydrogen-bond donors (Lipinski definition) is 1. The zero-order valence-corrected chi connectivity index (χ0v) is 11.4. The fourth-order valence-electron chi connectivity index (χ4n) is 3.30. The van der Waals surface area contributed by atoms with Crippen molar-refractivity contribution < 1.29 is 4.79 Å². The Balaban J connectivity index is 2.01. The van der Waals surface area contributed by atoms with Crippen molar-refractivity contribution in [2.75, 3.05) is 19.6 Å². The Kier molecular flexibility index (Phi) is 4.08. The van der Waals surface area contributed by atoms with Gasteiger partial charge in [-0.15, -0.1) is 0 Å². The minimum atomic E-state index is 0.226. The van der Waals surface area contributed by atoms with Crippen LogP contribution in [0.2, 0.25) is 0 Å². The number of likely N-dealkylation sites (tertiary alicyclic amines) is 1. The van der Waals surface area contributed by atoms with Crippen molar-refractivity contribution in [3.05, 3.63) is 0 Å². The van der Waals surface area contributed by atoms with Gasteiger partial charge < -0.3 is 10.2 Å². The molecule has 0 aromatic heterocycles. The van der Waals surface area contributed by atoms with Crippen LogP contribution in [0.3, 0.4) is 0 Å². The third kappa shape index (κ3) is 2.82. The normalized spacial score (nSPS) is 39.1. The van der Waals surface area contributed by atoms with Crippen molar-refractivity contribution in [1.82, 2.24) is 10.2 Å². The molecule has 0 saturated carbocycles. The highest BCUT2D eigenvalue weighted by molar-refractivity contribution is 5.79. The van der Waals surface area contributed by atoms with Crippen molar-refractivity contribution >= 4 is 5.91 Å².